The van der Waals surface area contributed by atoms with Crippen LogP contribution < -0.4 is 16.0 Å². The number of rotatable bonds is 4. The van der Waals surface area contributed by atoms with Crippen molar-refractivity contribution in [3.8, 4) is 6.07 Å². The molecule has 1 aromatic carbocycles. The fraction of sp³-hybridized carbons (Fsp3) is 0.261. The molecule has 0 saturated heterocycles. The smallest absolute Gasteiger partial charge is 0.274 e. The number of amidine groups is 1. The summed E-state index contributed by atoms with van der Waals surface area (Å²) in [6.45, 7) is 2.62. The van der Waals surface area contributed by atoms with Crippen LogP contribution in [0.3, 0.4) is 0 Å². The van der Waals surface area contributed by atoms with E-state index in [-0.39, 0.29) is 5.91 Å². The van der Waals surface area contributed by atoms with E-state index in [9.17, 15) is 10.1 Å². The number of amides is 1. The molecular weight excluding hydrogens is 390 g/mol. The average molecular weight is 411 g/mol. The Morgan fingerprint density at radius 2 is 2.10 bits per heavy atom. The Bertz CT molecular complexity index is 1210. The maximum absolute atomic E-state index is 12.8. The minimum absolute atomic E-state index is 0.304. The van der Waals surface area contributed by atoms with Gasteiger partial charge in [0.25, 0.3) is 5.91 Å². The van der Waals surface area contributed by atoms with Crippen molar-refractivity contribution in [1.29, 1.82) is 5.26 Å². The van der Waals surface area contributed by atoms with Gasteiger partial charge in [0.1, 0.15) is 17.4 Å². The van der Waals surface area contributed by atoms with Gasteiger partial charge in [-0.2, -0.15) is 5.26 Å². The lowest BCUT2D eigenvalue weighted by Gasteiger charge is -2.35. The van der Waals surface area contributed by atoms with Crippen LogP contribution >= 0.6 is 0 Å². The van der Waals surface area contributed by atoms with E-state index in [2.05, 4.69) is 37.0 Å². The molecule has 1 fully saturated rings. The molecule has 8 nitrogen and oxygen atoms in total. The maximum Gasteiger partial charge on any atom is 0.274 e. The predicted octanol–water partition coefficient (Wildman–Crippen LogP) is 3.25. The zero-order valence-electron chi connectivity index (χ0n) is 17.1. The SMILES string of the molecule is Cc1ccc(NC(=O)c2cc(C3(C#N)CCC3)ccn2)cc1NC1=NCC1=C1N=CN1. The van der Waals surface area contributed by atoms with Crippen LogP contribution in [0, 0.1) is 18.3 Å². The Hall–Kier alpha value is -3.99. The Morgan fingerprint density at radius 1 is 1.26 bits per heavy atom. The Morgan fingerprint density at radius 3 is 2.71 bits per heavy atom. The highest BCUT2D eigenvalue weighted by Crippen LogP contribution is 2.43. The van der Waals surface area contributed by atoms with Gasteiger partial charge in [-0.3, -0.25) is 14.8 Å². The summed E-state index contributed by atoms with van der Waals surface area (Å²) in [4.78, 5) is 25.6. The van der Waals surface area contributed by atoms with Crippen LogP contribution in [-0.4, -0.2) is 29.6 Å². The molecule has 0 bridgehead atoms. The van der Waals surface area contributed by atoms with Crippen LogP contribution in [0.15, 0.2) is 57.9 Å². The molecule has 1 aromatic heterocycles. The molecule has 31 heavy (non-hydrogen) atoms. The summed E-state index contributed by atoms with van der Waals surface area (Å²) in [7, 11) is 0. The number of aromatic nitrogens is 1. The molecule has 0 unspecified atom stereocenters. The number of hydrogen-bond acceptors (Lipinski definition) is 7. The highest BCUT2D eigenvalue weighted by Gasteiger charge is 2.39. The highest BCUT2D eigenvalue weighted by atomic mass is 16.1. The van der Waals surface area contributed by atoms with Gasteiger partial charge in [-0.05, 0) is 61.6 Å². The Labute approximate surface area is 179 Å². The summed E-state index contributed by atoms with van der Waals surface area (Å²) >= 11 is 0. The minimum atomic E-state index is -0.478. The predicted molar refractivity (Wildman–Crippen MR) is 119 cm³/mol. The van der Waals surface area contributed by atoms with Gasteiger partial charge in [-0.15, -0.1) is 0 Å². The molecule has 3 aliphatic rings. The standard InChI is InChI=1S/C23H21N7O/c1-14-3-4-16(10-18(14)30-21-17(11-26-21)20-27-13-28-20)29-22(31)19-9-15(5-8-25-19)23(12-24)6-2-7-23/h3-5,8-10,13H,2,6-7,11H2,1H3,(H,26,30)(H,27,28)(H,29,31). The quantitative estimate of drug-likeness (QED) is 0.714. The van der Waals surface area contributed by atoms with Crippen LogP contribution in [0.25, 0.3) is 0 Å². The first kappa shape index (κ1) is 19.0. The van der Waals surface area contributed by atoms with Crippen LogP contribution in [0.1, 0.15) is 40.9 Å². The lowest BCUT2D eigenvalue weighted by molar-refractivity contribution is 0.102. The molecule has 2 aromatic rings. The van der Waals surface area contributed by atoms with Gasteiger partial charge in [-0.25, -0.2) is 4.99 Å². The van der Waals surface area contributed by atoms with Crippen molar-refractivity contribution in [3.05, 3.63) is 64.7 Å². The van der Waals surface area contributed by atoms with Gasteiger partial charge in [0, 0.05) is 17.6 Å². The van der Waals surface area contributed by atoms with E-state index < -0.39 is 5.41 Å². The number of benzene rings is 1. The van der Waals surface area contributed by atoms with Crippen molar-refractivity contribution in [3.63, 3.8) is 0 Å². The number of nitrogens with one attached hydrogen (secondary N) is 3. The fourth-order valence-corrected chi connectivity index (χ4v) is 3.84. The molecule has 0 atom stereocenters. The first-order valence-corrected chi connectivity index (χ1v) is 10.2. The van der Waals surface area contributed by atoms with Gasteiger partial charge >= 0.3 is 0 Å². The van der Waals surface area contributed by atoms with Crippen LogP contribution in [0.5, 0.6) is 0 Å². The molecule has 1 saturated carbocycles. The number of nitriles is 1. The number of aliphatic imine (C=N–C) groups is 2. The molecule has 0 radical (unpaired) electrons. The van der Waals surface area contributed by atoms with Gasteiger partial charge in [0.15, 0.2) is 0 Å². The van der Waals surface area contributed by atoms with Crippen LogP contribution in [-0.2, 0) is 5.41 Å². The van der Waals surface area contributed by atoms with Crippen molar-refractivity contribution in [2.45, 2.75) is 31.6 Å². The summed E-state index contributed by atoms with van der Waals surface area (Å²) in [6.07, 6.45) is 5.92. The highest BCUT2D eigenvalue weighted by molar-refractivity contribution is 6.13. The Balaban J connectivity index is 1.33. The first-order valence-electron chi connectivity index (χ1n) is 10.2. The van der Waals surface area contributed by atoms with Crippen molar-refractivity contribution in [1.82, 2.24) is 10.3 Å². The van der Waals surface area contributed by atoms with E-state index in [4.69, 9.17) is 0 Å². The molecule has 8 heteroatoms. The van der Waals surface area contributed by atoms with E-state index in [1.165, 1.54) is 0 Å². The number of aryl methyl sites for hydroxylation is 1. The lowest BCUT2D eigenvalue weighted by atomic mass is 9.66. The molecule has 2 aliphatic heterocycles. The minimum Gasteiger partial charge on any atom is -0.340 e. The van der Waals surface area contributed by atoms with Gasteiger partial charge in [0.05, 0.1) is 29.9 Å². The third-order valence-corrected chi connectivity index (χ3v) is 6.08. The number of nitrogens with zero attached hydrogens (tertiary/aromatic N) is 4. The largest absolute Gasteiger partial charge is 0.340 e. The molecule has 1 amide bonds. The molecule has 1 aliphatic carbocycles. The zero-order valence-corrected chi connectivity index (χ0v) is 17.1. The lowest BCUT2D eigenvalue weighted by Crippen LogP contribution is -2.33. The number of carbonyl (C=O) groups excluding carboxylic acids is 1. The van der Waals surface area contributed by atoms with Gasteiger partial charge in [-0.1, -0.05) is 6.07 Å². The van der Waals surface area contributed by atoms with Crippen molar-refractivity contribution < 1.29 is 4.79 Å². The first-order chi connectivity index (χ1) is 15.1. The number of hydrogen-bond donors (Lipinski definition) is 3. The Kier molecular flexibility index (Phi) is 4.51. The summed E-state index contributed by atoms with van der Waals surface area (Å²) in [5.74, 6) is 1.32. The average Bonchev–Trinajstić information content (AvgIpc) is 2.70. The second-order valence-electron chi connectivity index (χ2n) is 7.98. The van der Waals surface area contributed by atoms with E-state index in [1.807, 2.05) is 31.2 Å². The zero-order chi connectivity index (χ0) is 21.4. The number of pyridine rings is 1. The second kappa shape index (κ2) is 7.36. The number of anilines is 2. The molecular formula is C23H21N7O. The third kappa shape index (κ3) is 3.34. The summed E-state index contributed by atoms with van der Waals surface area (Å²) in [5, 5.41) is 18.9. The van der Waals surface area contributed by atoms with Gasteiger partial charge in [0.2, 0.25) is 0 Å². The molecule has 3 heterocycles. The maximum atomic E-state index is 12.8. The molecule has 154 valence electrons. The number of carbonyl (C=O) groups is 1. The van der Waals surface area contributed by atoms with E-state index in [1.54, 1.807) is 18.6 Å². The van der Waals surface area contributed by atoms with Crippen molar-refractivity contribution in [2.75, 3.05) is 17.2 Å². The van der Waals surface area contributed by atoms with E-state index in [0.29, 0.717) is 17.9 Å². The third-order valence-electron chi connectivity index (χ3n) is 6.08. The monoisotopic (exact) mass is 411 g/mol. The van der Waals surface area contributed by atoms with Crippen LogP contribution in [0.4, 0.5) is 11.4 Å². The normalized spacial score (nSPS) is 20.2. The van der Waals surface area contributed by atoms with E-state index >= 15 is 0 Å². The fourth-order valence-electron chi connectivity index (χ4n) is 3.84. The molecule has 0 spiro atoms. The summed E-state index contributed by atoms with van der Waals surface area (Å²) in [5.41, 5.74) is 4.27. The van der Waals surface area contributed by atoms with Crippen molar-refractivity contribution >= 4 is 29.5 Å². The van der Waals surface area contributed by atoms with E-state index in [0.717, 1.165) is 53.3 Å². The van der Waals surface area contributed by atoms with Gasteiger partial charge < -0.3 is 16.0 Å². The second-order valence-corrected chi connectivity index (χ2v) is 7.98. The summed E-state index contributed by atoms with van der Waals surface area (Å²) < 4.78 is 0. The molecule has 5 rings (SSSR count). The van der Waals surface area contributed by atoms with Crippen LogP contribution in [0.2, 0.25) is 0 Å². The van der Waals surface area contributed by atoms with Crippen molar-refractivity contribution in [2.24, 2.45) is 9.98 Å². The topological polar surface area (TPSA) is 115 Å². The summed E-state index contributed by atoms with van der Waals surface area (Å²) in [6, 6.07) is 11.6. The molecule has 3 N–H and O–H groups in total.